The van der Waals surface area contributed by atoms with E-state index in [-0.39, 0.29) is 24.7 Å². The summed E-state index contributed by atoms with van der Waals surface area (Å²) in [6, 6.07) is 12.7. The lowest BCUT2D eigenvalue weighted by atomic mass is 10.0. The van der Waals surface area contributed by atoms with Crippen molar-refractivity contribution in [3.8, 4) is 11.5 Å². The molecule has 4 rings (SSSR count). The molecule has 28 heavy (non-hydrogen) atoms. The van der Waals surface area contributed by atoms with Gasteiger partial charge in [-0.15, -0.1) is 0 Å². The molecule has 2 aliphatic rings. The first-order valence-corrected chi connectivity index (χ1v) is 8.99. The lowest BCUT2D eigenvalue weighted by molar-refractivity contribution is -0.200. The van der Waals surface area contributed by atoms with E-state index in [4.69, 9.17) is 18.9 Å². The number of hydrogen-bond acceptors (Lipinski definition) is 8. The second-order valence-electron chi connectivity index (χ2n) is 6.85. The maximum atomic E-state index is 10.5. The normalized spacial score (nSPS) is 33.5. The van der Waals surface area contributed by atoms with Gasteiger partial charge >= 0.3 is 0 Å². The van der Waals surface area contributed by atoms with Crippen LogP contribution in [0.5, 0.6) is 11.5 Å². The first-order valence-electron chi connectivity index (χ1n) is 8.99. The molecule has 2 aromatic carbocycles. The van der Waals surface area contributed by atoms with E-state index in [1.165, 1.54) is 24.3 Å². The van der Waals surface area contributed by atoms with Gasteiger partial charge in [-0.1, -0.05) is 24.3 Å². The maximum absolute atomic E-state index is 10.5. The predicted molar refractivity (Wildman–Crippen MR) is 95.4 cm³/mol. The van der Waals surface area contributed by atoms with Crippen molar-refractivity contribution in [2.45, 2.75) is 37.0 Å². The third-order valence-corrected chi connectivity index (χ3v) is 4.84. The highest BCUT2D eigenvalue weighted by Crippen LogP contribution is 2.35. The molecule has 150 valence electrons. The monoisotopic (exact) mass is 390 g/mol. The van der Waals surface area contributed by atoms with Crippen molar-refractivity contribution in [3.05, 3.63) is 59.7 Å². The van der Waals surface area contributed by atoms with Crippen molar-refractivity contribution in [2.75, 3.05) is 13.2 Å². The molecule has 2 aromatic rings. The van der Waals surface area contributed by atoms with Gasteiger partial charge in [0.25, 0.3) is 0 Å². The molecule has 6 atom stereocenters. The van der Waals surface area contributed by atoms with Crippen LogP contribution in [-0.2, 0) is 18.9 Å². The van der Waals surface area contributed by atoms with E-state index in [2.05, 4.69) is 0 Å². The van der Waals surface area contributed by atoms with E-state index in [1.807, 2.05) is 0 Å². The minimum absolute atomic E-state index is 0.109. The molecule has 0 amide bonds. The molecule has 2 fully saturated rings. The molecule has 0 aromatic heterocycles. The zero-order valence-electron chi connectivity index (χ0n) is 14.9. The number of ether oxygens (including phenoxy) is 4. The zero-order chi connectivity index (χ0) is 19.7. The molecule has 0 saturated carbocycles. The van der Waals surface area contributed by atoms with Crippen molar-refractivity contribution < 1.29 is 39.4 Å². The number of aliphatic hydroxyl groups excluding tert-OH is 2. The molecular formula is C20H22O8. The number of aromatic hydroxyl groups is 2. The van der Waals surface area contributed by atoms with Crippen molar-refractivity contribution in [1.29, 1.82) is 0 Å². The lowest BCUT2D eigenvalue weighted by Crippen LogP contribution is -2.46. The van der Waals surface area contributed by atoms with Gasteiger partial charge in [0, 0.05) is 11.1 Å². The molecule has 2 saturated heterocycles. The van der Waals surface area contributed by atoms with Crippen molar-refractivity contribution in [3.63, 3.8) is 0 Å². The fourth-order valence-corrected chi connectivity index (χ4v) is 3.28. The standard InChI is InChI=1S/C20H22O8/c21-13-5-1-11(2-6-13)19-26-10-16(27-19)18-17(24)15(23)9-25-20(28-18)12-3-7-14(22)8-4-12/h1-8,15-24H,9-10H2/t15-,16+,17+,18+,19?,20?/m1/s1. The number of aliphatic hydroxyl groups is 2. The Bertz CT molecular complexity index is 778. The average Bonchev–Trinajstić information content (AvgIpc) is 3.13. The Morgan fingerprint density at radius 1 is 0.679 bits per heavy atom. The number of phenolic OH excluding ortho intramolecular Hbond substituents is 2. The van der Waals surface area contributed by atoms with E-state index in [0.29, 0.717) is 5.56 Å². The largest absolute Gasteiger partial charge is 0.508 e. The summed E-state index contributed by atoms with van der Waals surface area (Å²) in [7, 11) is 0. The average molecular weight is 390 g/mol. The van der Waals surface area contributed by atoms with Gasteiger partial charge in [0.2, 0.25) is 0 Å². The van der Waals surface area contributed by atoms with E-state index in [0.717, 1.165) is 5.56 Å². The van der Waals surface area contributed by atoms with Crippen LogP contribution in [0.3, 0.4) is 0 Å². The van der Waals surface area contributed by atoms with Crippen LogP contribution in [0.4, 0.5) is 0 Å². The van der Waals surface area contributed by atoms with Crippen LogP contribution >= 0.6 is 0 Å². The minimum atomic E-state index is -1.23. The maximum Gasteiger partial charge on any atom is 0.184 e. The van der Waals surface area contributed by atoms with Crippen LogP contribution in [0.25, 0.3) is 0 Å². The highest BCUT2D eigenvalue weighted by molar-refractivity contribution is 5.27. The third-order valence-electron chi connectivity index (χ3n) is 4.84. The van der Waals surface area contributed by atoms with Gasteiger partial charge in [-0.25, -0.2) is 0 Å². The van der Waals surface area contributed by atoms with Crippen LogP contribution in [-0.4, -0.2) is 58.1 Å². The van der Waals surface area contributed by atoms with Crippen LogP contribution < -0.4 is 0 Å². The Labute approximate surface area is 161 Å². The summed E-state index contributed by atoms with van der Waals surface area (Å²) in [5.74, 6) is 0.246. The van der Waals surface area contributed by atoms with Gasteiger partial charge in [-0.2, -0.15) is 0 Å². The molecule has 0 radical (unpaired) electrons. The van der Waals surface area contributed by atoms with Gasteiger partial charge < -0.3 is 39.4 Å². The second kappa shape index (κ2) is 8.04. The minimum Gasteiger partial charge on any atom is -0.508 e. The van der Waals surface area contributed by atoms with Gasteiger partial charge in [0.05, 0.1) is 13.2 Å². The molecule has 0 spiro atoms. The molecule has 8 heteroatoms. The van der Waals surface area contributed by atoms with E-state index >= 15 is 0 Å². The van der Waals surface area contributed by atoms with Crippen LogP contribution in [0, 0.1) is 0 Å². The second-order valence-corrected chi connectivity index (χ2v) is 6.85. The summed E-state index contributed by atoms with van der Waals surface area (Å²) in [6.45, 7) is 0.0421. The van der Waals surface area contributed by atoms with Crippen LogP contribution in [0.2, 0.25) is 0 Å². The Kier molecular flexibility index (Phi) is 5.49. The van der Waals surface area contributed by atoms with E-state index < -0.39 is 37.0 Å². The van der Waals surface area contributed by atoms with Crippen molar-refractivity contribution in [1.82, 2.24) is 0 Å². The first kappa shape index (κ1) is 19.1. The summed E-state index contributed by atoms with van der Waals surface area (Å²) >= 11 is 0. The highest BCUT2D eigenvalue weighted by atomic mass is 16.7. The quantitative estimate of drug-likeness (QED) is 0.620. The summed E-state index contributed by atoms with van der Waals surface area (Å²) in [5.41, 5.74) is 1.35. The van der Waals surface area contributed by atoms with Crippen LogP contribution in [0.1, 0.15) is 23.7 Å². The third kappa shape index (κ3) is 3.97. The Hall–Kier alpha value is -2.20. The molecule has 0 bridgehead atoms. The lowest BCUT2D eigenvalue weighted by Gasteiger charge is -2.28. The SMILES string of the molecule is Oc1ccc(C2OC[C@@H](O)[C@H](O)[C@H]([C@@H]3COC(c4ccc(O)cc4)O3)O2)cc1. The molecule has 8 nitrogen and oxygen atoms in total. The zero-order valence-corrected chi connectivity index (χ0v) is 14.9. The first-order chi connectivity index (χ1) is 13.5. The van der Waals surface area contributed by atoms with Gasteiger partial charge in [-0.3, -0.25) is 0 Å². The molecule has 2 heterocycles. The molecule has 0 aliphatic carbocycles. The predicted octanol–water partition coefficient (Wildman–Crippen LogP) is 1.35. The number of phenols is 2. The molecular weight excluding hydrogens is 368 g/mol. The van der Waals surface area contributed by atoms with Crippen molar-refractivity contribution >= 4 is 0 Å². The summed E-state index contributed by atoms with van der Waals surface area (Å²) < 4.78 is 23.1. The highest BCUT2D eigenvalue weighted by Gasteiger charge is 2.43. The summed E-state index contributed by atoms with van der Waals surface area (Å²) in [4.78, 5) is 0. The fraction of sp³-hybridized carbons (Fsp3) is 0.400. The van der Waals surface area contributed by atoms with E-state index in [9.17, 15) is 20.4 Å². The molecule has 4 N–H and O–H groups in total. The van der Waals surface area contributed by atoms with Crippen LogP contribution in [0.15, 0.2) is 48.5 Å². The van der Waals surface area contributed by atoms with Gasteiger partial charge in [0.1, 0.15) is 35.9 Å². The molecule has 2 unspecified atom stereocenters. The number of benzene rings is 2. The topological polar surface area (TPSA) is 118 Å². The number of hydrogen-bond donors (Lipinski definition) is 4. The van der Waals surface area contributed by atoms with E-state index in [1.54, 1.807) is 24.3 Å². The fourth-order valence-electron chi connectivity index (χ4n) is 3.28. The van der Waals surface area contributed by atoms with Gasteiger partial charge in [-0.05, 0) is 24.3 Å². The molecule has 2 aliphatic heterocycles. The smallest absolute Gasteiger partial charge is 0.184 e. The summed E-state index contributed by atoms with van der Waals surface area (Å²) in [5, 5.41) is 39.6. The van der Waals surface area contributed by atoms with Gasteiger partial charge in [0.15, 0.2) is 12.6 Å². The number of rotatable bonds is 3. The Morgan fingerprint density at radius 3 is 1.75 bits per heavy atom. The summed E-state index contributed by atoms with van der Waals surface area (Å²) in [6.07, 6.45) is -5.41. The van der Waals surface area contributed by atoms with Crippen molar-refractivity contribution in [2.24, 2.45) is 0 Å². The Balaban J connectivity index is 1.51. The Morgan fingerprint density at radius 2 is 1.18 bits per heavy atom.